The van der Waals surface area contributed by atoms with Crippen molar-refractivity contribution < 1.29 is 33.4 Å². The molecule has 2 rings (SSSR count). The fourth-order valence-corrected chi connectivity index (χ4v) is 3.21. The minimum atomic E-state index is -0.758. The number of methoxy groups -OCH3 is 2. The van der Waals surface area contributed by atoms with E-state index in [1.807, 2.05) is 0 Å². The molecule has 0 radical (unpaired) electrons. The van der Waals surface area contributed by atoms with Gasteiger partial charge in [-0.25, -0.2) is 10.2 Å². The van der Waals surface area contributed by atoms with Crippen LogP contribution in [-0.2, 0) is 23.9 Å². The van der Waals surface area contributed by atoms with Gasteiger partial charge >= 0.3 is 18.0 Å². The van der Waals surface area contributed by atoms with Crippen LogP contribution in [-0.4, -0.2) is 58.9 Å². The molecule has 14 nitrogen and oxygen atoms in total. The number of hydrogen-bond donors (Lipinski definition) is 4. The molecule has 2 aromatic rings. The van der Waals surface area contributed by atoms with Crippen LogP contribution in [0.5, 0.6) is 5.75 Å². The Balaban J connectivity index is 2.25. The SMILES string of the molecule is COC(=O)CCCSc1nc(NNC(=O)OC)nc(Nc2ccc(NC(C)=O)c(OC(C)=O)c2)n1. The third-order valence-electron chi connectivity index (χ3n) is 3.86. The second kappa shape index (κ2) is 13.5. The Morgan fingerprint density at radius 1 is 1.00 bits per heavy atom. The molecule has 4 N–H and O–H groups in total. The molecule has 1 aromatic heterocycles. The predicted molar refractivity (Wildman–Crippen MR) is 126 cm³/mol. The summed E-state index contributed by atoms with van der Waals surface area (Å²) in [5.41, 5.74) is 5.52. The molecular formula is C20H25N7O7S. The van der Waals surface area contributed by atoms with Crippen LogP contribution in [0.2, 0.25) is 0 Å². The zero-order chi connectivity index (χ0) is 25.8. The van der Waals surface area contributed by atoms with E-state index < -0.39 is 12.1 Å². The first-order chi connectivity index (χ1) is 16.7. The molecule has 0 aliphatic carbocycles. The maximum Gasteiger partial charge on any atom is 0.425 e. The number of carbonyl (C=O) groups is 4. The molecule has 35 heavy (non-hydrogen) atoms. The number of esters is 2. The first-order valence-electron chi connectivity index (χ1n) is 10.1. The number of amides is 2. The molecule has 0 aliphatic rings. The van der Waals surface area contributed by atoms with Crippen LogP contribution in [0.25, 0.3) is 0 Å². The highest BCUT2D eigenvalue weighted by Crippen LogP contribution is 2.30. The lowest BCUT2D eigenvalue weighted by atomic mass is 10.2. The van der Waals surface area contributed by atoms with Gasteiger partial charge in [0.15, 0.2) is 10.9 Å². The summed E-state index contributed by atoms with van der Waals surface area (Å²) >= 11 is 1.26. The quantitative estimate of drug-likeness (QED) is 0.114. The van der Waals surface area contributed by atoms with Gasteiger partial charge in [-0.1, -0.05) is 11.8 Å². The van der Waals surface area contributed by atoms with E-state index in [9.17, 15) is 19.2 Å². The number of benzene rings is 1. The van der Waals surface area contributed by atoms with Crippen LogP contribution in [0.4, 0.5) is 28.1 Å². The Morgan fingerprint density at radius 2 is 1.74 bits per heavy atom. The maximum atomic E-state index is 11.5. The van der Waals surface area contributed by atoms with Crippen molar-refractivity contribution in [2.45, 2.75) is 31.8 Å². The van der Waals surface area contributed by atoms with Crippen LogP contribution in [0.15, 0.2) is 23.4 Å². The summed E-state index contributed by atoms with van der Waals surface area (Å²) in [6.07, 6.45) is 0.0198. The van der Waals surface area contributed by atoms with E-state index >= 15 is 0 Å². The molecule has 0 saturated heterocycles. The summed E-state index contributed by atoms with van der Waals surface area (Å²) in [5, 5.41) is 5.84. The molecule has 0 spiro atoms. The molecule has 0 bridgehead atoms. The minimum Gasteiger partial charge on any atom is -0.469 e. The average Bonchev–Trinajstić information content (AvgIpc) is 2.81. The molecular weight excluding hydrogens is 482 g/mol. The van der Waals surface area contributed by atoms with Crippen molar-refractivity contribution in [1.82, 2.24) is 20.4 Å². The lowest BCUT2D eigenvalue weighted by Gasteiger charge is -2.13. The minimum absolute atomic E-state index is 0.0124. The van der Waals surface area contributed by atoms with Crippen molar-refractivity contribution in [2.75, 3.05) is 36.0 Å². The zero-order valence-electron chi connectivity index (χ0n) is 19.5. The van der Waals surface area contributed by atoms with Gasteiger partial charge in [-0.3, -0.25) is 19.8 Å². The Bertz CT molecular complexity index is 1080. The van der Waals surface area contributed by atoms with Gasteiger partial charge < -0.3 is 24.8 Å². The number of anilines is 4. The van der Waals surface area contributed by atoms with E-state index in [0.717, 1.165) is 0 Å². The monoisotopic (exact) mass is 507 g/mol. The van der Waals surface area contributed by atoms with Gasteiger partial charge in [0.05, 0.1) is 19.9 Å². The van der Waals surface area contributed by atoms with Gasteiger partial charge in [0.2, 0.25) is 17.8 Å². The smallest absolute Gasteiger partial charge is 0.425 e. The van der Waals surface area contributed by atoms with Gasteiger partial charge in [-0.2, -0.15) is 15.0 Å². The number of ether oxygens (including phenoxy) is 3. The summed E-state index contributed by atoms with van der Waals surface area (Å²) in [4.78, 5) is 58.3. The number of carbonyl (C=O) groups excluding carboxylic acids is 4. The van der Waals surface area contributed by atoms with E-state index in [2.05, 4.69) is 45.9 Å². The first kappa shape index (κ1) is 27.1. The summed E-state index contributed by atoms with van der Waals surface area (Å²) < 4.78 is 14.3. The highest BCUT2D eigenvalue weighted by Gasteiger charge is 2.13. The predicted octanol–water partition coefficient (Wildman–Crippen LogP) is 2.23. The lowest BCUT2D eigenvalue weighted by molar-refractivity contribution is -0.140. The van der Waals surface area contributed by atoms with Crippen LogP contribution in [0.1, 0.15) is 26.7 Å². The van der Waals surface area contributed by atoms with Gasteiger partial charge in [-0.05, 0) is 18.6 Å². The van der Waals surface area contributed by atoms with Gasteiger partial charge in [0.1, 0.15) is 0 Å². The number of nitrogens with one attached hydrogen (secondary N) is 4. The number of rotatable bonds is 11. The number of hydrazine groups is 1. The van der Waals surface area contributed by atoms with Crippen LogP contribution >= 0.6 is 11.8 Å². The van der Waals surface area contributed by atoms with Crippen LogP contribution < -0.4 is 26.2 Å². The van der Waals surface area contributed by atoms with Crippen molar-refractivity contribution in [3.8, 4) is 5.75 Å². The molecule has 0 unspecified atom stereocenters. The van der Waals surface area contributed by atoms with Crippen molar-refractivity contribution in [3.63, 3.8) is 0 Å². The Morgan fingerprint density at radius 3 is 2.40 bits per heavy atom. The summed E-state index contributed by atoms with van der Waals surface area (Å²) in [6, 6.07) is 4.65. The van der Waals surface area contributed by atoms with Gasteiger partial charge in [0, 0.05) is 37.8 Å². The number of hydrogen-bond acceptors (Lipinski definition) is 13. The van der Waals surface area contributed by atoms with Gasteiger partial charge in [-0.15, -0.1) is 0 Å². The molecule has 0 atom stereocenters. The number of nitrogens with zero attached hydrogens (tertiary/aromatic N) is 3. The molecule has 0 fully saturated rings. The van der Waals surface area contributed by atoms with E-state index in [1.165, 1.54) is 45.9 Å². The molecule has 2 amide bonds. The van der Waals surface area contributed by atoms with Crippen LogP contribution in [0.3, 0.4) is 0 Å². The van der Waals surface area contributed by atoms with E-state index in [0.29, 0.717) is 28.7 Å². The molecule has 15 heteroatoms. The number of aromatic nitrogens is 3. The lowest BCUT2D eigenvalue weighted by Crippen LogP contribution is -2.30. The fourth-order valence-electron chi connectivity index (χ4n) is 2.43. The van der Waals surface area contributed by atoms with E-state index in [4.69, 9.17) is 4.74 Å². The largest absolute Gasteiger partial charge is 0.469 e. The summed E-state index contributed by atoms with van der Waals surface area (Å²) in [5.74, 6) is -0.470. The van der Waals surface area contributed by atoms with Crippen molar-refractivity contribution in [1.29, 1.82) is 0 Å². The third-order valence-corrected chi connectivity index (χ3v) is 4.80. The summed E-state index contributed by atoms with van der Waals surface area (Å²) in [6.45, 7) is 2.56. The molecule has 1 aromatic carbocycles. The topological polar surface area (TPSA) is 183 Å². The van der Waals surface area contributed by atoms with E-state index in [1.54, 1.807) is 12.1 Å². The zero-order valence-corrected chi connectivity index (χ0v) is 20.3. The maximum absolute atomic E-state index is 11.5. The molecule has 1 heterocycles. The Hall–Kier alpha value is -4.14. The van der Waals surface area contributed by atoms with Gasteiger partial charge in [0.25, 0.3) is 0 Å². The van der Waals surface area contributed by atoms with Crippen molar-refractivity contribution in [2.24, 2.45) is 0 Å². The molecule has 0 aliphatic heterocycles. The standard InChI is InChI=1S/C20H25N7O7S/c1-11(28)21-14-8-7-13(10-15(14)34-12(2)29)22-17-23-18(26-27-20(31)33-4)25-19(24-17)35-9-5-6-16(30)32-3/h7-8,10H,5-6,9H2,1-4H3,(H,21,28)(H,27,31)(H2,22,23,24,25,26). The first-order valence-corrected chi connectivity index (χ1v) is 11.1. The highest BCUT2D eigenvalue weighted by atomic mass is 32.2. The second-order valence-corrected chi connectivity index (χ2v) is 7.71. The van der Waals surface area contributed by atoms with Crippen LogP contribution in [0, 0.1) is 0 Å². The molecule has 0 saturated carbocycles. The Kier molecular flexibility index (Phi) is 10.5. The normalized spacial score (nSPS) is 10.1. The van der Waals surface area contributed by atoms with Crippen molar-refractivity contribution in [3.05, 3.63) is 18.2 Å². The van der Waals surface area contributed by atoms with Crippen molar-refractivity contribution >= 4 is 59.0 Å². The number of thioether (sulfide) groups is 1. The average molecular weight is 508 g/mol. The third kappa shape index (κ3) is 9.71. The fraction of sp³-hybridized carbons (Fsp3) is 0.350. The van der Waals surface area contributed by atoms with E-state index in [-0.39, 0.29) is 35.9 Å². The second-order valence-electron chi connectivity index (χ2n) is 6.65. The highest BCUT2D eigenvalue weighted by molar-refractivity contribution is 7.99. The summed E-state index contributed by atoms with van der Waals surface area (Å²) in [7, 11) is 2.52. The Labute approximate surface area is 204 Å². The molecule has 188 valence electrons.